The number of alkyl halides is 1. The molecule has 0 aliphatic rings. The lowest BCUT2D eigenvalue weighted by Crippen LogP contribution is -1.92. The fourth-order valence-electron chi connectivity index (χ4n) is 1.51. The van der Waals surface area contributed by atoms with Crippen molar-refractivity contribution >= 4 is 70.7 Å². The van der Waals surface area contributed by atoms with Crippen LogP contribution in [-0.2, 0) is 0 Å². The van der Waals surface area contributed by atoms with Crippen LogP contribution in [0.5, 0.6) is 0 Å². The van der Waals surface area contributed by atoms with Gasteiger partial charge in [0.1, 0.15) is 4.34 Å². The molecule has 0 radical (unpaired) electrons. The second-order valence-electron chi connectivity index (χ2n) is 3.61. The standard InChI is InChI=1S/C12H8Br3ClS/c1-6-3-2-4-7(10(6)14)11(15)9-5-8(13)12(16)17-9/h2-5,11H,1H3. The molecule has 1 unspecified atom stereocenters. The predicted molar refractivity (Wildman–Crippen MR) is 86.7 cm³/mol. The van der Waals surface area contributed by atoms with Crippen molar-refractivity contribution in [2.75, 3.05) is 0 Å². The van der Waals surface area contributed by atoms with Gasteiger partial charge in [0.15, 0.2) is 0 Å². The van der Waals surface area contributed by atoms with Crippen molar-refractivity contribution in [1.82, 2.24) is 0 Å². The summed E-state index contributed by atoms with van der Waals surface area (Å²) in [7, 11) is 0. The van der Waals surface area contributed by atoms with Crippen LogP contribution in [0.25, 0.3) is 0 Å². The number of hydrogen-bond acceptors (Lipinski definition) is 1. The Morgan fingerprint density at radius 3 is 2.59 bits per heavy atom. The summed E-state index contributed by atoms with van der Waals surface area (Å²) in [6.45, 7) is 2.09. The Morgan fingerprint density at radius 1 is 1.29 bits per heavy atom. The van der Waals surface area contributed by atoms with E-state index < -0.39 is 0 Å². The normalized spacial score (nSPS) is 12.8. The topological polar surface area (TPSA) is 0 Å². The van der Waals surface area contributed by atoms with Gasteiger partial charge < -0.3 is 0 Å². The summed E-state index contributed by atoms with van der Waals surface area (Å²) in [5, 5.41) is 0. The monoisotopic (exact) mass is 456 g/mol. The van der Waals surface area contributed by atoms with Gasteiger partial charge in [-0.1, -0.05) is 61.7 Å². The summed E-state index contributed by atoms with van der Waals surface area (Å²) in [6, 6.07) is 8.32. The molecule has 2 aromatic rings. The highest BCUT2D eigenvalue weighted by Gasteiger charge is 2.17. The lowest BCUT2D eigenvalue weighted by molar-refractivity contribution is 1.19. The van der Waals surface area contributed by atoms with Gasteiger partial charge in [0.25, 0.3) is 0 Å². The molecule has 0 bridgehead atoms. The maximum absolute atomic E-state index is 6.07. The number of thiophene rings is 1. The first kappa shape index (κ1) is 14.1. The molecular formula is C12H8Br3ClS. The number of halogens is 4. The first-order valence-corrected chi connectivity index (χ1v) is 8.54. The number of rotatable bonds is 2. The fourth-order valence-corrected chi connectivity index (χ4v) is 4.84. The molecule has 0 nitrogen and oxygen atoms in total. The van der Waals surface area contributed by atoms with E-state index in [1.807, 2.05) is 0 Å². The predicted octanol–water partition coefficient (Wildman–Crippen LogP) is 6.72. The molecule has 0 fully saturated rings. The molecule has 1 heterocycles. The van der Waals surface area contributed by atoms with E-state index in [0.29, 0.717) is 0 Å². The molecule has 1 aromatic carbocycles. The van der Waals surface area contributed by atoms with Crippen LogP contribution in [0.2, 0.25) is 4.34 Å². The van der Waals surface area contributed by atoms with Crippen molar-refractivity contribution in [1.29, 1.82) is 0 Å². The summed E-state index contributed by atoms with van der Waals surface area (Å²) in [4.78, 5) is 1.35. The smallest absolute Gasteiger partial charge is 0.107 e. The van der Waals surface area contributed by atoms with Crippen LogP contribution in [-0.4, -0.2) is 0 Å². The highest BCUT2D eigenvalue weighted by molar-refractivity contribution is 9.11. The molecular weight excluding hydrogens is 451 g/mol. The minimum atomic E-state index is 0.158. The zero-order valence-electron chi connectivity index (χ0n) is 8.81. The molecule has 5 heteroatoms. The van der Waals surface area contributed by atoms with Gasteiger partial charge in [-0.2, -0.15) is 0 Å². The minimum absolute atomic E-state index is 0.158. The van der Waals surface area contributed by atoms with Crippen LogP contribution >= 0.6 is 70.7 Å². The Hall–Kier alpha value is 0.650. The third kappa shape index (κ3) is 2.98. The molecule has 2 rings (SSSR count). The SMILES string of the molecule is Cc1cccc(C(Br)c2cc(Br)c(Cl)s2)c1Br. The Labute approximate surface area is 135 Å². The molecule has 90 valence electrons. The highest BCUT2D eigenvalue weighted by atomic mass is 79.9. The van der Waals surface area contributed by atoms with E-state index in [-0.39, 0.29) is 4.83 Å². The second-order valence-corrected chi connectivity index (χ2v) is 7.86. The van der Waals surface area contributed by atoms with Gasteiger partial charge in [-0.15, -0.1) is 11.3 Å². The van der Waals surface area contributed by atoms with Gasteiger partial charge in [0, 0.05) is 13.8 Å². The molecule has 17 heavy (non-hydrogen) atoms. The van der Waals surface area contributed by atoms with E-state index in [1.54, 1.807) is 11.3 Å². The van der Waals surface area contributed by atoms with Crippen LogP contribution in [0.15, 0.2) is 33.2 Å². The maximum atomic E-state index is 6.07. The summed E-state index contributed by atoms with van der Waals surface area (Å²) < 4.78 is 2.88. The van der Waals surface area contributed by atoms with Crippen molar-refractivity contribution in [2.24, 2.45) is 0 Å². The van der Waals surface area contributed by atoms with Gasteiger partial charge in [-0.05, 0) is 40.0 Å². The summed E-state index contributed by atoms with van der Waals surface area (Å²) in [5.74, 6) is 0. The lowest BCUT2D eigenvalue weighted by Gasteiger charge is -2.12. The zero-order valence-corrected chi connectivity index (χ0v) is 15.1. The van der Waals surface area contributed by atoms with Crippen molar-refractivity contribution in [3.05, 3.63) is 53.6 Å². The van der Waals surface area contributed by atoms with Crippen LogP contribution in [0.3, 0.4) is 0 Å². The first-order chi connectivity index (χ1) is 8.00. The molecule has 1 atom stereocenters. The second kappa shape index (κ2) is 5.74. The average Bonchev–Trinajstić information content (AvgIpc) is 2.62. The van der Waals surface area contributed by atoms with E-state index in [4.69, 9.17) is 11.6 Å². The van der Waals surface area contributed by atoms with Crippen molar-refractivity contribution < 1.29 is 0 Å². The minimum Gasteiger partial charge on any atom is -0.126 e. The number of hydrogen-bond donors (Lipinski definition) is 0. The number of benzene rings is 1. The molecule has 1 aromatic heterocycles. The van der Waals surface area contributed by atoms with E-state index in [1.165, 1.54) is 16.0 Å². The fraction of sp³-hybridized carbons (Fsp3) is 0.167. The lowest BCUT2D eigenvalue weighted by atomic mass is 10.1. The van der Waals surface area contributed by atoms with Crippen LogP contribution in [0, 0.1) is 6.92 Å². The van der Waals surface area contributed by atoms with Crippen LogP contribution in [0.1, 0.15) is 20.8 Å². The van der Waals surface area contributed by atoms with E-state index in [0.717, 1.165) is 13.3 Å². The first-order valence-electron chi connectivity index (χ1n) is 4.84. The molecule has 0 aliphatic heterocycles. The number of aryl methyl sites for hydroxylation is 1. The van der Waals surface area contributed by atoms with Crippen LogP contribution in [0.4, 0.5) is 0 Å². The molecule has 0 amide bonds. The van der Waals surface area contributed by atoms with Gasteiger partial charge in [-0.25, -0.2) is 0 Å². The Kier molecular flexibility index (Phi) is 4.75. The van der Waals surface area contributed by atoms with Crippen molar-refractivity contribution in [2.45, 2.75) is 11.8 Å². The largest absolute Gasteiger partial charge is 0.126 e. The summed E-state index contributed by atoms with van der Waals surface area (Å²) >= 11 is 18.5. The molecule has 0 aliphatic carbocycles. The van der Waals surface area contributed by atoms with E-state index >= 15 is 0 Å². The third-order valence-corrected chi connectivity index (χ3v) is 7.32. The van der Waals surface area contributed by atoms with Crippen molar-refractivity contribution in [3.8, 4) is 0 Å². The van der Waals surface area contributed by atoms with E-state index in [9.17, 15) is 0 Å². The Balaban J connectivity index is 2.43. The average molecular weight is 459 g/mol. The molecule has 0 saturated carbocycles. The van der Waals surface area contributed by atoms with Gasteiger partial charge in [0.2, 0.25) is 0 Å². The quantitative estimate of drug-likeness (QED) is 0.438. The van der Waals surface area contributed by atoms with Crippen LogP contribution < -0.4 is 0 Å². The van der Waals surface area contributed by atoms with Gasteiger partial charge in [0.05, 0.1) is 4.83 Å². The van der Waals surface area contributed by atoms with Gasteiger partial charge in [-0.3, -0.25) is 0 Å². The molecule has 0 N–H and O–H groups in total. The molecule has 0 saturated heterocycles. The summed E-state index contributed by atoms with van der Waals surface area (Å²) in [6.07, 6.45) is 0. The molecule has 0 spiro atoms. The summed E-state index contributed by atoms with van der Waals surface area (Å²) in [5.41, 5.74) is 2.45. The van der Waals surface area contributed by atoms with Crippen molar-refractivity contribution in [3.63, 3.8) is 0 Å². The zero-order chi connectivity index (χ0) is 12.6. The highest BCUT2D eigenvalue weighted by Crippen LogP contribution is 2.43. The van der Waals surface area contributed by atoms with Gasteiger partial charge >= 0.3 is 0 Å². The Bertz CT molecular complexity index is 531. The third-order valence-electron chi connectivity index (χ3n) is 2.41. The van der Waals surface area contributed by atoms with E-state index in [2.05, 4.69) is 79.0 Å². The Morgan fingerprint density at radius 2 is 2.00 bits per heavy atom. The maximum Gasteiger partial charge on any atom is 0.107 e.